The van der Waals surface area contributed by atoms with Crippen molar-refractivity contribution in [3.05, 3.63) is 0 Å². The zero-order valence-electron chi connectivity index (χ0n) is 11.5. The zero-order valence-corrected chi connectivity index (χ0v) is 11.5. The summed E-state index contributed by atoms with van der Waals surface area (Å²) in [5.41, 5.74) is -0.547. The first-order chi connectivity index (χ1) is 8.29. The summed E-state index contributed by atoms with van der Waals surface area (Å²) in [4.78, 5) is 25.2. The molecular weight excluding hydrogens is 236 g/mol. The van der Waals surface area contributed by atoms with Crippen molar-refractivity contribution < 1.29 is 19.1 Å². The lowest BCUT2D eigenvalue weighted by Crippen LogP contribution is -2.51. The van der Waals surface area contributed by atoms with E-state index >= 15 is 0 Å². The Labute approximate surface area is 108 Å². The Bertz CT molecular complexity index is 306. The molecule has 0 spiro atoms. The minimum Gasteiger partial charge on any atom is -0.458 e. The van der Waals surface area contributed by atoms with E-state index in [0.717, 1.165) is 0 Å². The minimum absolute atomic E-state index is 0.253. The number of carbonyl (C=O) groups excluding carboxylic acids is 2. The number of hydrogen-bond acceptors (Lipinski definition) is 4. The molecular formula is C12H22N2O4. The van der Waals surface area contributed by atoms with Gasteiger partial charge in [0.15, 0.2) is 0 Å². The third-order valence-electron chi connectivity index (χ3n) is 2.40. The van der Waals surface area contributed by atoms with Gasteiger partial charge in [-0.2, -0.15) is 0 Å². The molecule has 0 aromatic carbocycles. The van der Waals surface area contributed by atoms with Gasteiger partial charge in [0.2, 0.25) is 0 Å². The number of nitrogens with one attached hydrogen (secondary N) is 1. The monoisotopic (exact) mass is 258 g/mol. The van der Waals surface area contributed by atoms with Gasteiger partial charge in [-0.1, -0.05) is 0 Å². The van der Waals surface area contributed by atoms with Crippen molar-refractivity contribution in [2.45, 2.75) is 39.3 Å². The maximum Gasteiger partial charge on any atom is 0.328 e. The average molecular weight is 258 g/mol. The molecule has 6 heteroatoms. The third-order valence-corrected chi connectivity index (χ3v) is 2.40. The van der Waals surface area contributed by atoms with Gasteiger partial charge < -0.3 is 19.7 Å². The van der Waals surface area contributed by atoms with Crippen LogP contribution in [0.3, 0.4) is 0 Å². The number of carbonyl (C=O) groups is 2. The molecule has 0 aromatic heterocycles. The first-order valence-corrected chi connectivity index (χ1v) is 6.15. The van der Waals surface area contributed by atoms with E-state index in [0.29, 0.717) is 26.3 Å². The maximum absolute atomic E-state index is 11.8. The van der Waals surface area contributed by atoms with Gasteiger partial charge in [0.05, 0.1) is 13.2 Å². The van der Waals surface area contributed by atoms with Crippen molar-refractivity contribution in [3.63, 3.8) is 0 Å². The van der Waals surface area contributed by atoms with Crippen LogP contribution in [-0.2, 0) is 14.3 Å². The molecule has 1 aliphatic rings. The standard InChI is InChI=1S/C12H22N2O4/c1-9(10(15)18-12(2,3)4)13-11(16)14-5-7-17-8-6-14/h9H,5-8H2,1-4H3,(H,13,16)/t9-/m0/s1. The largest absolute Gasteiger partial charge is 0.458 e. The van der Waals surface area contributed by atoms with Gasteiger partial charge in [0, 0.05) is 13.1 Å². The highest BCUT2D eigenvalue weighted by Gasteiger charge is 2.25. The Morgan fingerprint density at radius 3 is 2.33 bits per heavy atom. The summed E-state index contributed by atoms with van der Waals surface area (Å²) in [5.74, 6) is -0.427. The number of rotatable bonds is 2. The van der Waals surface area contributed by atoms with Crippen molar-refractivity contribution in [1.29, 1.82) is 0 Å². The normalized spacial score (nSPS) is 18.1. The average Bonchev–Trinajstić information content (AvgIpc) is 2.27. The molecule has 0 saturated carbocycles. The van der Waals surface area contributed by atoms with Gasteiger partial charge in [-0.3, -0.25) is 0 Å². The first kappa shape index (κ1) is 14.8. The number of ether oxygens (including phenoxy) is 2. The summed E-state index contributed by atoms with van der Waals surface area (Å²) in [6, 6.07) is -0.906. The van der Waals surface area contributed by atoms with Gasteiger partial charge >= 0.3 is 12.0 Å². The van der Waals surface area contributed by atoms with Crippen LogP contribution in [0.25, 0.3) is 0 Å². The molecule has 1 fully saturated rings. The molecule has 1 atom stereocenters. The second-order valence-electron chi connectivity index (χ2n) is 5.30. The van der Waals surface area contributed by atoms with E-state index < -0.39 is 17.6 Å². The Balaban J connectivity index is 2.41. The van der Waals surface area contributed by atoms with Crippen LogP contribution < -0.4 is 5.32 Å². The number of hydrogen-bond donors (Lipinski definition) is 1. The highest BCUT2D eigenvalue weighted by Crippen LogP contribution is 2.08. The predicted molar refractivity (Wildman–Crippen MR) is 66.2 cm³/mol. The molecule has 0 aromatic rings. The Morgan fingerprint density at radius 1 is 1.28 bits per heavy atom. The lowest BCUT2D eigenvalue weighted by Gasteiger charge is -2.29. The molecule has 2 amide bonds. The number of amides is 2. The van der Waals surface area contributed by atoms with Crippen LogP contribution in [0.15, 0.2) is 0 Å². The molecule has 1 saturated heterocycles. The maximum atomic E-state index is 11.8. The van der Waals surface area contributed by atoms with E-state index in [1.807, 2.05) is 0 Å². The van der Waals surface area contributed by atoms with E-state index in [1.54, 1.807) is 32.6 Å². The van der Waals surface area contributed by atoms with Crippen molar-refractivity contribution in [2.24, 2.45) is 0 Å². The highest BCUT2D eigenvalue weighted by atomic mass is 16.6. The minimum atomic E-state index is -0.653. The van der Waals surface area contributed by atoms with E-state index in [9.17, 15) is 9.59 Å². The van der Waals surface area contributed by atoms with Gasteiger partial charge in [-0.05, 0) is 27.7 Å². The third kappa shape index (κ3) is 4.91. The van der Waals surface area contributed by atoms with Gasteiger partial charge in [0.25, 0.3) is 0 Å². The summed E-state index contributed by atoms with van der Waals surface area (Å²) in [6.07, 6.45) is 0. The lowest BCUT2D eigenvalue weighted by molar-refractivity contribution is -0.156. The SMILES string of the molecule is C[C@H](NC(=O)N1CCOCC1)C(=O)OC(C)(C)C. The molecule has 0 unspecified atom stereocenters. The van der Waals surface area contributed by atoms with Crippen LogP contribution in [-0.4, -0.2) is 54.8 Å². The first-order valence-electron chi connectivity index (χ1n) is 6.15. The van der Waals surface area contributed by atoms with Crippen LogP contribution in [0.4, 0.5) is 4.79 Å². The van der Waals surface area contributed by atoms with Gasteiger partial charge in [0.1, 0.15) is 11.6 Å². The Morgan fingerprint density at radius 2 is 1.83 bits per heavy atom. The van der Waals surface area contributed by atoms with Crippen molar-refractivity contribution in [2.75, 3.05) is 26.3 Å². The van der Waals surface area contributed by atoms with E-state index in [1.165, 1.54) is 0 Å². The molecule has 0 aliphatic carbocycles. The molecule has 1 heterocycles. The van der Waals surface area contributed by atoms with E-state index in [2.05, 4.69) is 5.32 Å². The van der Waals surface area contributed by atoms with Crippen molar-refractivity contribution in [3.8, 4) is 0 Å². The summed E-state index contributed by atoms with van der Waals surface area (Å²) < 4.78 is 10.3. The molecule has 1 N–H and O–H groups in total. The fourth-order valence-electron chi connectivity index (χ4n) is 1.49. The summed E-state index contributed by atoms with van der Waals surface area (Å²) in [5, 5.41) is 2.63. The molecule has 0 radical (unpaired) electrons. The van der Waals surface area contributed by atoms with Crippen LogP contribution in [0.1, 0.15) is 27.7 Å². The number of urea groups is 1. The van der Waals surface area contributed by atoms with Crippen LogP contribution >= 0.6 is 0 Å². The second-order valence-corrected chi connectivity index (χ2v) is 5.30. The molecule has 0 bridgehead atoms. The van der Waals surface area contributed by atoms with E-state index in [4.69, 9.17) is 9.47 Å². The molecule has 6 nitrogen and oxygen atoms in total. The predicted octanol–water partition coefficient (Wildman–Crippen LogP) is 0.758. The molecule has 1 aliphatic heterocycles. The van der Waals surface area contributed by atoms with Gasteiger partial charge in [-0.25, -0.2) is 9.59 Å². The van der Waals surface area contributed by atoms with Gasteiger partial charge in [-0.15, -0.1) is 0 Å². The van der Waals surface area contributed by atoms with E-state index in [-0.39, 0.29) is 6.03 Å². The fourth-order valence-corrected chi connectivity index (χ4v) is 1.49. The van der Waals surface area contributed by atoms with Crippen molar-refractivity contribution >= 4 is 12.0 Å². The summed E-state index contributed by atoms with van der Waals surface area (Å²) in [7, 11) is 0. The number of morpholine rings is 1. The molecule has 18 heavy (non-hydrogen) atoms. The van der Waals surface area contributed by atoms with Crippen LogP contribution in [0, 0.1) is 0 Å². The lowest BCUT2D eigenvalue weighted by atomic mass is 10.2. The highest BCUT2D eigenvalue weighted by molar-refractivity contribution is 5.83. The van der Waals surface area contributed by atoms with Crippen molar-refractivity contribution in [1.82, 2.24) is 10.2 Å². The Hall–Kier alpha value is -1.30. The second kappa shape index (κ2) is 6.04. The molecule has 104 valence electrons. The number of esters is 1. The quantitative estimate of drug-likeness (QED) is 0.742. The smallest absolute Gasteiger partial charge is 0.328 e. The van der Waals surface area contributed by atoms with Crippen LogP contribution in [0.2, 0.25) is 0 Å². The fraction of sp³-hybridized carbons (Fsp3) is 0.833. The summed E-state index contributed by atoms with van der Waals surface area (Å²) in [6.45, 7) is 9.17. The topological polar surface area (TPSA) is 67.9 Å². The zero-order chi connectivity index (χ0) is 13.8. The Kier molecular flexibility index (Phi) is 4.95. The number of nitrogens with zero attached hydrogens (tertiary/aromatic N) is 1. The summed E-state index contributed by atoms with van der Waals surface area (Å²) >= 11 is 0. The van der Waals surface area contributed by atoms with Crippen LogP contribution in [0.5, 0.6) is 0 Å². The molecule has 1 rings (SSSR count).